The molecule has 3 nitrogen and oxygen atoms in total. The Morgan fingerprint density at radius 2 is 1.40 bits per heavy atom. The largest absolute Gasteiger partial charge is 0.462 e. The number of aliphatic hydroxyl groups is 1. The zero-order chi connectivity index (χ0) is 21.5. The summed E-state index contributed by atoms with van der Waals surface area (Å²) in [6, 6.07) is 23.2. The highest BCUT2D eigenvalue weighted by atomic mass is 16.5. The van der Waals surface area contributed by atoms with Crippen LogP contribution in [0.15, 0.2) is 78.9 Å². The maximum absolute atomic E-state index is 11.5. The quantitative estimate of drug-likeness (QED) is 0.292. The third-order valence-electron chi connectivity index (χ3n) is 5.15. The Morgan fingerprint density at radius 3 is 1.97 bits per heavy atom. The lowest BCUT2D eigenvalue weighted by molar-refractivity contribution is -0.139. The van der Waals surface area contributed by atoms with Crippen LogP contribution in [0.25, 0.3) is 22.3 Å². The molecule has 30 heavy (non-hydrogen) atoms. The number of benzene rings is 3. The van der Waals surface area contributed by atoms with Crippen LogP contribution in [0.2, 0.25) is 0 Å². The van der Waals surface area contributed by atoms with Crippen molar-refractivity contribution in [2.75, 3.05) is 6.61 Å². The van der Waals surface area contributed by atoms with Crippen LogP contribution in [0.5, 0.6) is 0 Å². The first-order valence-electron chi connectivity index (χ1n) is 10.2. The van der Waals surface area contributed by atoms with E-state index in [0.29, 0.717) is 18.6 Å². The van der Waals surface area contributed by atoms with Gasteiger partial charge in [0.2, 0.25) is 0 Å². The SMILES string of the molecule is C=C(C)C(=O)OCCCc1cc(-c2ccc(-c3ccc(C)cc3)cc2)ccc1CO. The van der Waals surface area contributed by atoms with Gasteiger partial charge in [0.15, 0.2) is 0 Å². The van der Waals surface area contributed by atoms with Crippen molar-refractivity contribution < 1.29 is 14.6 Å². The molecule has 3 aromatic carbocycles. The Kier molecular flexibility index (Phi) is 7.21. The molecule has 3 heteroatoms. The Hall–Kier alpha value is -3.17. The molecule has 0 saturated carbocycles. The smallest absolute Gasteiger partial charge is 0.333 e. The number of rotatable bonds is 8. The van der Waals surface area contributed by atoms with Gasteiger partial charge in [0.25, 0.3) is 0 Å². The summed E-state index contributed by atoms with van der Waals surface area (Å²) < 4.78 is 5.18. The standard InChI is InChI=1S/C27H28O3/c1-19(2)27(29)30-16-4-5-24-17-25(14-15-26(24)18-28)23-12-10-22(11-13-23)21-8-6-20(3)7-9-21/h6-15,17,28H,1,4-5,16,18H2,2-3H3. The van der Waals surface area contributed by atoms with Gasteiger partial charge in [-0.1, -0.05) is 78.9 Å². The van der Waals surface area contributed by atoms with E-state index in [-0.39, 0.29) is 12.6 Å². The zero-order valence-corrected chi connectivity index (χ0v) is 17.7. The molecule has 0 fully saturated rings. The second-order valence-electron chi connectivity index (χ2n) is 7.60. The second-order valence-corrected chi connectivity index (χ2v) is 7.60. The highest BCUT2D eigenvalue weighted by molar-refractivity contribution is 5.86. The van der Waals surface area contributed by atoms with E-state index in [1.807, 2.05) is 12.1 Å². The fraction of sp³-hybridized carbons (Fsp3) is 0.222. The van der Waals surface area contributed by atoms with E-state index in [2.05, 4.69) is 68.1 Å². The molecule has 0 aliphatic rings. The molecule has 0 bridgehead atoms. The number of hydrogen-bond donors (Lipinski definition) is 1. The lowest BCUT2D eigenvalue weighted by atomic mass is 9.95. The maximum atomic E-state index is 11.5. The zero-order valence-electron chi connectivity index (χ0n) is 17.7. The van der Waals surface area contributed by atoms with Crippen LogP contribution in [0.3, 0.4) is 0 Å². The van der Waals surface area contributed by atoms with Crippen LogP contribution < -0.4 is 0 Å². The summed E-state index contributed by atoms with van der Waals surface area (Å²) in [4.78, 5) is 11.5. The van der Waals surface area contributed by atoms with Crippen LogP contribution in [-0.2, 0) is 22.6 Å². The number of carbonyl (C=O) groups is 1. The molecule has 0 spiro atoms. The Labute approximate surface area is 178 Å². The average molecular weight is 401 g/mol. The molecule has 3 rings (SSSR count). The van der Waals surface area contributed by atoms with Crippen molar-refractivity contribution in [2.45, 2.75) is 33.3 Å². The van der Waals surface area contributed by atoms with Crippen LogP contribution in [-0.4, -0.2) is 17.7 Å². The van der Waals surface area contributed by atoms with E-state index < -0.39 is 0 Å². The normalized spacial score (nSPS) is 10.6. The number of ether oxygens (including phenoxy) is 1. The van der Waals surface area contributed by atoms with Crippen molar-refractivity contribution in [3.05, 3.63) is 95.6 Å². The van der Waals surface area contributed by atoms with Crippen LogP contribution in [0.1, 0.15) is 30.0 Å². The highest BCUT2D eigenvalue weighted by Gasteiger charge is 2.08. The lowest BCUT2D eigenvalue weighted by Gasteiger charge is -2.12. The minimum Gasteiger partial charge on any atom is -0.462 e. The minimum absolute atomic E-state index is 0.00642. The summed E-state index contributed by atoms with van der Waals surface area (Å²) in [5.74, 6) is -0.361. The van der Waals surface area contributed by atoms with Gasteiger partial charge < -0.3 is 9.84 Å². The van der Waals surface area contributed by atoms with Gasteiger partial charge in [0.1, 0.15) is 0 Å². The maximum Gasteiger partial charge on any atom is 0.333 e. The first-order valence-corrected chi connectivity index (χ1v) is 10.2. The predicted molar refractivity (Wildman–Crippen MR) is 122 cm³/mol. The van der Waals surface area contributed by atoms with Crippen LogP contribution in [0, 0.1) is 6.92 Å². The highest BCUT2D eigenvalue weighted by Crippen LogP contribution is 2.27. The number of esters is 1. The number of carbonyl (C=O) groups excluding carboxylic acids is 1. The van der Waals surface area contributed by atoms with E-state index in [1.165, 1.54) is 16.7 Å². The van der Waals surface area contributed by atoms with E-state index in [4.69, 9.17) is 4.74 Å². The molecule has 0 amide bonds. The Balaban J connectivity index is 1.72. The van der Waals surface area contributed by atoms with Gasteiger partial charge in [0, 0.05) is 5.57 Å². The molecule has 0 aromatic heterocycles. The lowest BCUT2D eigenvalue weighted by Crippen LogP contribution is -2.07. The Morgan fingerprint density at radius 1 is 0.867 bits per heavy atom. The van der Waals surface area contributed by atoms with Crippen molar-refractivity contribution in [1.29, 1.82) is 0 Å². The summed E-state index contributed by atoms with van der Waals surface area (Å²) in [5, 5.41) is 9.68. The first-order chi connectivity index (χ1) is 14.5. The average Bonchev–Trinajstić information content (AvgIpc) is 2.77. The predicted octanol–water partition coefficient (Wildman–Crippen LogP) is 5.87. The molecule has 0 atom stereocenters. The summed E-state index contributed by atoms with van der Waals surface area (Å²) in [6.07, 6.45) is 1.43. The molecular formula is C27H28O3. The molecule has 0 aliphatic carbocycles. The molecule has 0 aliphatic heterocycles. The summed E-state index contributed by atoms with van der Waals surface area (Å²) in [5.41, 5.74) is 8.26. The van der Waals surface area contributed by atoms with Gasteiger partial charge in [-0.15, -0.1) is 0 Å². The monoisotopic (exact) mass is 400 g/mol. The number of hydrogen-bond acceptors (Lipinski definition) is 3. The minimum atomic E-state index is -0.361. The van der Waals surface area contributed by atoms with E-state index >= 15 is 0 Å². The van der Waals surface area contributed by atoms with Gasteiger partial charge in [-0.25, -0.2) is 4.79 Å². The van der Waals surface area contributed by atoms with Gasteiger partial charge in [0.05, 0.1) is 13.2 Å². The van der Waals surface area contributed by atoms with Gasteiger partial charge in [-0.3, -0.25) is 0 Å². The molecule has 3 aromatic rings. The summed E-state index contributed by atoms with van der Waals surface area (Å²) >= 11 is 0. The number of aliphatic hydroxyl groups excluding tert-OH is 1. The van der Waals surface area contributed by atoms with Crippen molar-refractivity contribution in [3.8, 4) is 22.3 Å². The fourth-order valence-corrected chi connectivity index (χ4v) is 3.34. The molecule has 0 radical (unpaired) electrons. The van der Waals surface area contributed by atoms with E-state index in [9.17, 15) is 9.90 Å². The molecule has 0 heterocycles. The number of aryl methyl sites for hydroxylation is 2. The molecule has 0 saturated heterocycles. The van der Waals surface area contributed by atoms with Gasteiger partial charge >= 0.3 is 5.97 Å². The third kappa shape index (κ3) is 5.46. The molecule has 0 unspecified atom stereocenters. The third-order valence-corrected chi connectivity index (χ3v) is 5.15. The summed E-state index contributed by atoms with van der Waals surface area (Å²) in [7, 11) is 0. The van der Waals surface area contributed by atoms with Crippen molar-refractivity contribution in [2.24, 2.45) is 0 Å². The van der Waals surface area contributed by atoms with Crippen molar-refractivity contribution in [1.82, 2.24) is 0 Å². The van der Waals surface area contributed by atoms with Crippen LogP contribution in [0.4, 0.5) is 0 Å². The fourth-order valence-electron chi connectivity index (χ4n) is 3.34. The summed E-state index contributed by atoms with van der Waals surface area (Å²) in [6.45, 7) is 7.65. The molecule has 154 valence electrons. The molecular weight excluding hydrogens is 372 g/mol. The van der Waals surface area contributed by atoms with E-state index in [1.54, 1.807) is 6.92 Å². The first kappa shape index (κ1) is 21.5. The van der Waals surface area contributed by atoms with Crippen molar-refractivity contribution >= 4 is 5.97 Å². The Bertz CT molecular complexity index is 1010. The van der Waals surface area contributed by atoms with Gasteiger partial charge in [-0.05, 0) is 60.1 Å². The van der Waals surface area contributed by atoms with Crippen LogP contribution >= 0.6 is 0 Å². The van der Waals surface area contributed by atoms with E-state index in [0.717, 1.165) is 28.7 Å². The van der Waals surface area contributed by atoms with Gasteiger partial charge in [-0.2, -0.15) is 0 Å². The topological polar surface area (TPSA) is 46.5 Å². The second kappa shape index (κ2) is 10.0. The van der Waals surface area contributed by atoms with Crippen molar-refractivity contribution in [3.63, 3.8) is 0 Å². The molecule has 1 N–H and O–H groups in total.